The van der Waals surface area contributed by atoms with Crippen LogP contribution in [-0.2, 0) is 4.74 Å². The molecule has 0 aromatic rings. The smallest absolute Gasteiger partial charge is 0.203 e. The summed E-state index contributed by atoms with van der Waals surface area (Å²) in [4.78, 5) is 0. The summed E-state index contributed by atoms with van der Waals surface area (Å²) in [6, 6.07) is 1.94. The van der Waals surface area contributed by atoms with Gasteiger partial charge in [-0.1, -0.05) is 5.92 Å². The molecule has 2 nitrogen and oxygen atoms in total. The van der Waals surface area contributed by atoms with Crippen molar-refractivity contribution >= 4 is 22.6 Å². The van der Waals surface area contributed by atoms with E-state index in [1.807, 2.05) is 28.7 Å². The van der Waals surface area contributed by atoms with Gasteiger partial charge in [0, 0.05) is 0 Å². The van der Waals surface area contributed by atoms with Crippen LogP contribution >= 0.6 is 22.6 Å². The molecule has 0 aliphatic carbocycles. The molecule has 3 heteroatoms. The maximum atomic E-state index is 8.37. The molecule has 0 rings (SSSR count). The van der Waals surface area contributed by atoms with Crippen LogP contribution in [0.4, 0.5) is 0 Å². The summed E-state index contributed by atoms with van der Waals surface area (Å²) in [7, 11) is 0. The Kier molecular flexibility index (Phi) is 3.60. The minimum atomic E-state index is -0.774. The maximum absolute atomic E-state index is 8.37. The predicted molar refractivity (Wildman–Crippen MR) is 42.8 cm³/mol. The van der Waals surface area contributed by atoms with Gasteiger partial charge < -0.3 is 4.74 Å². The second-order valence-corrected chi connectivity index (χ2v) is 3.58. The first-order valence-corrected chi connectivity index (χ1v) is 3.38. The SMILES string of the molecule is C#CCOC(C)(I)C#N. The molecule has 0 radical (unpaired) electrons. The Balaban J connectivity index is 3.65. The largest absolute Gasteiger partial charge is 0.339 e. The number of nitrogens with zero attached hydrogens (tertiary/aromatic N) is 1. The quantitative estimate of drug-likeness (QED) is 0.410. The Morgan fingerprint density at radius 2 is 2.44 bits per heavy atom. The van der Waals surface area contributed by atoms with Crippen LogP contribution in [0.5, 0.6) is 0 Å². The van der Waals surface area contributed by atoms with Crippen LogP contribution in [0.25, 0.3) is 0 Å². The topological polar surface area (TPSA) is 33.0 Å². The monoisotopic (exact) mass is 235 g/mol. The van der Waals surface area contributed by atoms with Gasteiger partial charge in [-0.2, -0.15) is 5.26 Å². The Bertz CT molecular complexity index is 163. The number of alkyl halides is 1. The number of hydrogen-bond acceptors (Lipinski definition) is 2. The van der Waals surface area contributed by atoms with Gasteiger partial charge in [-0.05, 0) is 29.5 Å². The van der Waals surface area contributed by atoms with Crippen LogP contribution in [0.2, 0.25) is 0 Å². The Labute approximate surface area is 68.3 Å². The molecular weight excluding hydrogens is 229 g/mol. The molecule has 1 atom stereocenters. The van der Waals surface area contributed by atoms with Crippen LogP contribution in [0, 0.1) is 23.7 Å². The fourth-order valence-corrected chi connectivity index (χ4v) is 0.365. The maximum Gasteiger partial charge on any atom is 0.203 e. The minimum absolute atomic E-state index is 0.188. The van der Waals surface area contributed by atoms with E-state index < -0.39 is 3.61 Å². The first-order valence-electron chi connectivity index (χ1n) is 2.30. The number of hydrogen-bond donors (Lipinski definition) is 0. The average Bonchev–Trinajstić information content (AvgIpc) is 1.84. The van der Waals surface area contributed by atoms with E-state index in [2.05, 4.69) is 5.92 Å². The van der Waals surface area contributed by atoms with Crippen molar-refractivity contribution in [1.82, 2.24) is 0 Å². The summed E-state index contributed by atoms with van der Waals surface area (Å²) < 4.78 is 4.14. The molecule has 0 N–H and O–H groups in total. The number of rotatable bonds is 2. The lowest BCUT2D eigenvalue weighted by Crippen LogP contribution is -2.17. The highest BCUT2D eigenvalue weighted by Gasteiger charge is 2.17. The summed E-state index contributed by atoms with van der Waals surface area (Å²) in [6.07, 6.45) is 4.90. The van der Waals surface area contributed by atoms with E-state index in [9.17, 15) is 0 Å². The molecule has 48 valence electrons. The second kappa shape index (κ2) is 3.71. The predicted octanol–water partition coefficient (Wildman–Crippen LogP) is 1.31. The number of terminal acetylenes is 1. The highest BCUT2D eigenvalue weighted by molar-refractivity contribution is 14.1. The number of ether oxygens (including phenoxy) is 1. The van der Waals surface area contributed by atoms with Crippen molar-refractivity contribution in [3.05, 3.63) is 0 Å². The summed E-state index contributed by atoms with van der Waals surface area (Å²) in [5, 5.41) is 8.37. The van der Waals surface area contributed by atoms with Crippen LogP contribution in [0.15, 0.2) is 0 Å². The molecule has 0 saturated heterocycles. The van der Waals surface area contributed by atoms with E-state index in [0.717, 1.165) is 0 Å². The lowest BCUT2D eigenvalue weighted by Gasteiger charge is -2.10. The van der Waals surface area contributed by atoms with Gasteiger partial charge in [-0.25, -0.2) is 0 Å². The van der Waals surface area contributed by atoms with E-state index >= 15 is 0 Å². The summed E-state index contributed by atoms with van der Waals surface area (Å²) in [5.41, 5.74) is 0. The van der Waals surface area contributed by atoms with Crippen molar-refractivity contribution in [3.63, 3.8) is 0 Å². The molecule has 0 spiro atoms. The third-order valence-electron chi connectivity index (χ3n) is 0.626. The standard InChI is InChI=1S/C6H6INO/c1-3-4-9-6(2,7)5-8/h1H,4H2,2H3. The molecule has 0 amide bonds. The lowest BCUT2D eigenvalue weighted by atomic mass is 10.5. The zero-order valence-corrected chi connectivity index (χ0v) is 7.18. The fraction of sp³-hybridized carbons (Fsp3) is 0.500. The average molecular weight is 235 g/mol. The van der Waals surface area contributed by atoms with E-state index in [-0.39, 0.29) is 6.61 Å². The van der Waals surface area contributed by atoms with Gasteiger partial charge in [0.05, 0.1) is 0 Å². The van der Waals surface area contributed by atoms with Gasteiger partial charge in [0.15, 0.2) is 0 Å². The number of halogens is 1. The Morgan fingerprint density at radius 1 is 1.89 bits per heavy atom. The van der Waals surface area contributed by atoms with Gasteiger partial charge in [0.25, 0.3) is 0 Å². The fourth-order valence-electron chi connectivity index (χ4n) is 0.209. The van der Waals surface area contributed by atoms with Crippen LogP contribution < -0.4 is 0 Å². The van der Waals surface area contributed by atoms with Crippen LogP contribution in [-0.4, -0.2) is 10.2 Å². The van der Waals surface area contributed by atoms with Gasteiger partial charge in [-0.3, -0.25) is 0 Å². The molecule has 0 heterocycles. The van der Waals surface area contributed by atoms with Crippen molar-refractivity contribution in [1.29, 1.82) is 5.26 Å². The molecule has 0 fully saturated rings. The van der Waals surface area contributed by atoms with Crippen molar-refractivity contribution in [2.24, 2.45) is 0 Å². The summed E-state index contributed by atoms with van der Waals surface area (Å²) in [6.45, 7) is 1.85. The summed E-state index contributed by atoms with van der Waals surface area (Å²) in [5.74, 6) is 2.28. The first-order chi connectivity index (χ1) is 4.12. The van der Waals surface area contributed by atoms with Gasteiger partial charge in [-0.15, -0.1) is 6.42 Å². The molecule has 0 aliphatic heterocycles. The zero-order chi connectivity index (χ0) is 7.33. The lowest BCUT2D eigenvalue weighted by molar-refractivity contribution is 0.119. The van der Waals surface area contributed by atoms with Crippen molar-refractivity contribution in [3.8, 4) is 18.4 Å². The molecule has 0 aromatic carbocycles. The first kappa shape index (κ1) is 8.74. The highest BCUT2D eigenvalue weighted by Crippen LogP contribution is 2.17. The Morgan fingerprint density at radius 3 is 2.78 bits per heavy atom. The highest BCUT2D eigenvalue weighted by atomic mass is 127. The Hall–Kier alpha value is -0.260. The number of nitriles is 1. The third-order valence-corrected chi connectivity index (χ3v) is 1.18. The third kappa shape index (κ3) is 4.26. The van der Waals surface area contributed by atoms with Crippen molar-refractivity contribution in [2.75, 3.05) is 6.61 Å². The van der Waals surface area contributed by atoms with E-state index in [4.69, 9.17) is 16.4 Å². The summed E-state index contributed by atoms with van der Waals surface area (Å²) >= 11 is 1.88. The molecule has 0 aliphatic rings. The van der Waals surface area contributed by atoms with E-state index in [1.54, 1.807) is 6.92 Å². The van der Waals surface area contributed by atoms with Crippen molar-refractivity contribution in [2.45, 2.75) is 10.5 Å². The van der Waals surface area contributed by atoms with E-state index in [0.29, 0.717) is 0 Å². The van der Waals surface area contributed by atoms with Crippen LogP contribution in [0.3, 0.4) is 0 Å². The van der Waals surface area contributed by atoms with E-state index in [1.165, 1.54) is 0 Å². The minimum Gasteiger partial charge on any atom is -0.339 e. The molecular formula is C6H6INO. The van der Waals surface area contributed by atoms with Crippen molar-refractivity contribution < 1.29 is 4.74 Å². The molecule has 1 unspecified atom stereocenters. The molecule has 0 aromatic heterocycles. The van der Waals surface area contributed by atoms with Gasteiger partial charge in [0.1, 0.15) is 12.7 Å². The molecule has 9 heavy (non-hydrogen) atoms. The van der Waals surface area contributed by atoms with Crippen LogP contribution in [0.1, 0.15) is 6.92 Å². The zero-order valence-electron chi connectivity index (χ0n) is 5.02. The second-order valence-electron chi connectivity index (χ2n) is 1.52. The molecule has 0 bridgehead atoms. The van der Waals surface area contributed by atoms with Gasteiger partial charge in [0.2, 0.25) is 3.61 Å². The van der Waals surface area contributed by atoms with Gasteiger partial charge >= 0.3 is 0 Å². The molecule has 0 saturated carbocycles. The normalized spacial score (nSPS) is 15.1.